The van der Waals surface area contributed by atoms with Gasteiger partial charge in [-0.15, -0.1) is 0 Å². The quantitative estimate of drug-likeness (QED) is 0.778. The summed E-state index contributed by atoms with van der Waals surface area (Å²) >= 11 is 3.20. The molecule has 1 saturated carbocycles. The number of nitrogens with one attached hydrogen (secondary N) is 2. The molecule has 0 unspecified atom stereocenters. The first-order chi connectivity index (χ1) is 9.06. The number of halogens is 1. The molecule has 1 fully saturated rings. The van der Waals surface area contributed by atoms with Gasteiger partial charge in [0.2, 0.25) is 0 Å². The summed E-state index contributed by atoms with van der Waals surface area (Å²) < 4.78 is 0.657. The van der Waals surface area contributed by atoms with Gasteiger partial charge in [-0.25, -0.2) is 9.59 Å². The van der Waals surface area contributed by atoms with Crippen LogP contribution >= 0.6 is 15.9 Å². The third kappa shape index (κ3) is 4.24. The molecule has 0 aromatic heterocycles. The summed E-state index contributed by atoms with van der Waals surface area (Å²) in [6.07, 6.45) is 3.48. The minimum absolute atomic E-state index is 0.0618. The Morgan fingerprint density at radius 1 is 1.37 bits per heavy atom. The predicted molar refractivity (Wildman–Crippen MR) is 75.5 cm³/mol. The molecule has 0 heterocycles. The molecule has 102 valence electrons. The van der Waals surface area contributed by atoms with Crippen LogP contribution < -0.4 is 10.6 Å². The Morgan fingerprint density at radius 3 is 2.74 bits per heavy atom. The number of aromatic carboxylic acids is 1. The number of hydrogen-bond acceptors (Lipinski definition) is 2. The van der Waals surface area contributed by atoms with Gasteiger partial charge in [0.1, 0.15) is 0 Å². The fourth-order valence-electron chi connectivity index (χ4n) is 1.77. The lowest BCUT2D eigenvalue weighted by Gasteiger charge is -2.10. The average Bonchev–Trinajstić information content (AvgIpc) is 3.15. The Morgan fingerprint density at radius 2 is 2.11 bits per heavy atom. The number of carbonyl (C=O) groups excluding carboxylic acids is 1. The first-order valence-electron chi connectivity index (χ1n) is 6.14. The van der Waals surface area contributed by atoms with Crippen LogP contribution in [0.25, 0.3) is 0 Å². The van der Waals surface area contributed by atoms with Gasteiger partial charge in [0.15, 0.2) is 0 Å². The second kappa shape index (κ2) is 6.06. The fraction of sp³-hybridized carbons (Fsp3) is 0.385. The molecule has 19 heavy (non-hydrogen) atoms. The van der Waals surface area contributed by atoms with Crippen molar-refractivity contribution in [2.75, 3.05) is 11.9 Å². The van der Waals surface area contributed by atoms with E-state index < -0.39 is 5.97 Å². The highest BCUT2D eigenvalue weighted by molar-refractivity contribution is 9.10. The zero-order chi connectivity index (χ0) is 13.8. The van der Waals surface area contributed by atoms with Crippen LogP contribution in [-0.4, -0.2) is 23.7 Å². The van der Waals surface area contributed by atoms with E-state index in [1.165, 1.54) is 18.9 Å². The smallest absolute Gasteiger partial charge is 0.337 e. The van der Waals surface area contributed by atoms with Gasteiger partial charge < -0.3 is 15.7 Å². The van der Waals surface area contributed by atoms with E-state index in [9.17, 15) is 9.59 Å². The lowest BCUT2D eigenvalue weighted by atomic mass is 10.2. The Balaban J connectivity index is 1.93. The van der Waals surface area contributed by atoms with Gasteiger partial charge in [0, 0.05) is 11.0 Å². The van der Waals surface area contributed by atoms with Crippen molar-refractivity contribution in [2.45, 2.75) is 19.3 Å². The van der Waals surface area contributed by atoms with Crippen molar-refractivity contribution in [3.8, 4) is 0 Å². The van der Waals surface area contributed by atoms with E-state index in [1.54, 1.807) is 12.1 Å². The molecular weight excluding hydrogens is 312 g/mol. The first-order valence-corrected chi connectivity index (χ1v) is 6.93. The van der Waals surface area contributed by atoms with Gasteiger partial charge in [-0.2, -0.15) is 0 Å². The number of hydrogen-bond donors (Lipinski definition) is 3. The van der Waals surface area contributed by atoms with E-state index >= 15 is 0 Å². The highest BCUT2D eigenvalue weighted by Gasteiger charge is 2.20. The summed E-state index contributed by atoms with van der Waals surface area (Å²) in [5.41, 5.74) is 0.353. The topological polar surface area (TPSA) is 78.4 Å². The second-order valence-electron chi connectivity index (χ2n) is 4.61. The van der Waals surface area contributed by atoms with E-state index in [0.717, 1.165) is 12.3 Å². The van der Waals surface area contributed by atoms with E-state index in [0.29, 0.717) is 16.7 Å². The number of rotatable bonds is 5. The summed E-state index contributed by atoms with van der Waals surface area (Å²) in [5.74, 6) is -0.322. The lowest BCUT2D eigenvalue weighted by molar-refractivity contribution is 0.0698. The van der Waals surface area contributed by atoms with Crippen LogP contribution in [0.5, 0.6) is 0 Å². The van der Waals surface area contributed by atoms with Gasteiger partial charge in [-0.05, 0) is 30.5 Å². The van der Waals surface area contributed by atoms with Crippen molar-refractivity contribution < 1.29 is 14.7 Å². The van der Waals surface area contributed by atoms with Crippen LogP contribution in [0.15, 0.2) is 22.7 Å². The maximum Gasteiger partial charge on any atom is 0.337 e. The largest absolute Gasteiger partial charge is 0.478 e. The van der Waals surface area contributed by atoms with Crippen LogP contribution in [-0.2, 0) is 0 Å². The molecule has 0 saturated heterocycles. The normalized spacial score (nSPS) is 13.9. The third-order valence-corrected chi connectivity index (χ3v) is 3.49. The molecule has 0 aliphatic heterocycles. The van der Waals surface area contributed by atoms with Crippen LogP contribution in [0.4, 0.5) is 10.5 Å². The molecule has 3 N–H and O–H groups in total. The number of carbonyl (C=O) groups is 2. The zero-order valence-electron chi connectivity index (χ0n) is 10.3. The number of amides is 2. The van der Waals surface area contributed by atoms with Gasteiger partial charge in [0.05, 0.1) is 11.3 Å². The summed E-state index contributed by atoms with van der Waals surface area (Å²) in [7, 11) is 0. The summed E-state index contributed by atoms with van der Waals surface area (Å²) in [6.45, 7) is 0.620. The third-order valence-electron chi connectivity index (χ3n) is 3.00. The second-order valence-corrected chi connectivity index (χ2v) is 5.52. The van der Waals surface area contributed by atoms with E-state index in [1.807, 2.05) is 0 Å². The Kier molecular flexibility index (Phi) is 4.42. The predicted octanol–water partition coefficient (Wildman–Crippen LogP) is 3.07. The van der Waals surface area contributed by atoms with Crippen LogP contribution in [0.2, 0.25) is 0 Å². The number of anilines is 1. The van der Waals surface area contributed by atoms with Crippen molar-refractivity contribution in [2.24, 2.45) is 5.92 Å². The molecular formula is C13H15BrN2O3. The molecule has 6 heteroatoms. The van der Waals surface area contributed by atoms with E-state index in [2.05, 4.69) is 26.6 Å². The zero-order valence-corrected chi connectivity index (χ0v) is 11.9. The SMILES string of the molecule is O=C(NCCC1CC1)Nc1ccc(Br)cc1C(=O)O. The molecule has 0 radical (unpaired) electrons. The molecule has 1 aromatic rings. The van der Waals surface area contributed by atoms with Gasteiger partial charge in [0.25, 0.3) is 0 Å². The lowest BCUT2D eigenvalue weighted by Crippen LogP contribution is -2.30. The van der Waals surface area contributed by atoms with Crippen LogP contribution in [0.1, 0.15) is 29.6 Å². The monoisotopic (exact) mass is 326 g/mol. The molecule has 2 rings (SSSR count). The maximum atomic E-state index is 11.6. The van der Waals surface area contributed by atoms with Crippen molar-refractivity contribution in [1.82, 2.24) is 5.32 Å². The molecule has 5 nitrogen and oxygen atoms in total. The number of carboxylic acid groups (broad SMARTS) is 1. The molecule has 2 amide bonds. The van der Waals surface area contributed by atoms with E-state index in [-0.39, 0.29) is 11.6 Å². The van der Waals surface area contributed by atoms with E-state index in [4.69, 9.17) is 5.11 Å². The van der Waals surface area contributed by atoms with Gasteiger partial charge in [-0.3, -0.25) is 0 Å². The maximum absolute atomic E-state index is 11.6. The van der Waals surface area contributed by atoms with Crippen molar-refractivity contribution in [1.29, 1.82) is 0 Å². The fourth-order valence-corrected chi connectivity index (χ4v) is 2.13. The Bertz CT molecular complexity index is 501. The highest BCUT2D eigenvalue weighted by Crippen LogP contribution is 2.31. The van der Waals surface area contributed by atoms with Gasteiger partial charge in [-0.1, -0.05) is 28.8 Å². The average molecular weight is 327 g/mol. The molecule has 1 aliphatic rings. The number of benzene rings is 1. The Hall–Kier alpha value is -1.56. The minimum Gasteiger partial charge on any atom is -0.478 e. The Labute approximate surface area is 119 Å². The van der Waals surface area contributed by atoms with Crippen molar-refractivity contribution in [3.05, 3.63) is 28.2 Å². The van der Waals surface area contributed by atoms with Gasteiger partial charge >= 0.3 is 12.0 Å². The number of urea groups is 1. The summed E-state index contributed by atoms with van der Waals surface area (Å²) in [4.78, 5) is 22.7. The van der Waals surface area contributed by atoms with Crippen LogP contribution in [0.3, 0.4) is 0 Å². The van der Waals surface area contributed by atoms with Crippen molar-refractivity contribution >= 4 is 33.6 Å². The molecule has 1 aliphatic carbocycles. The molecule has 1 aromatic carbocycles. The van der Waals surface area contributed by atoms with Crippen LogP contribution in [0, 0.1) is 5.92 Å². The first kappa shape index (κ1) is 13.9. The summed E-state index contributed by atoms with van der Waals surface area (Å²) in [6, 6.07) is 4.34. The minimum atomic E-state index is -1.07. The summed E-state index contributed by atoms with van der Waals surface area (Å²) in [5, 5.41) is 14.4. The molecule has 0 bridgehead atoms. The highest BCUT2D eigenvalue weighted by atomic mass is 79.9. The standard InChI is InChI=1S/C13H15BrN2O3/c14-9-3-4-11(10(7-9)12(17)18)16-13(19)15-6-5-8-1-2-8/h3-4,7-8H,1-2,5-6H2,(H,17,18)(H2,15,16,19). The van der Waals surface area contributed by atoms with Crippen molar-refractivity contribution in [3.63, 3.8) is 0 Å². The molecule has 0 atom stereocenters. The number of carboxylic acids is 1. The molecule has 0 spiro atoms.